The SMILES string of the molecule is CCC(C)(CO)CCOCCOC. The van der Waals surface area contributed by atoms with Gasteiger partial charge in [0.2, 0.25) is 0 Å². The molecule has 0 saturated carbocycles. The molecule has 0 rings (SSSR count). The van der Waals surface area contributed by atoms with Gasteiger partial charge in [-0.05, 0) is 18.3 Å². The van der Waals surface area contributed by atoms with E-state index in [1.807, 2.05) is 0 Å². The van der Waals surface area contributed by atoms with E-state index in [1.165, 1.54) is 0 Å². The number of aliphatic hydroxyl groups excluding tert-OH is 1. The normalized spacial score (nSPS) is 15.7. The standard InChI is InChI=1S/C10H22O3/c1-4-10(2,9-11)5-6-13-8-7-12-3/h11H,4-9H2,1-3H3. The average molecular weight is 190 g/mol. The first kappa shape index (κ1) is 12.9. The molecule has 3 heteroatoms. The van der Waals surface area contributed by atoms with Gasteiger partial charge < -0.3 is 14.6 Å². The minimum Gasteiger partial charge on any atom is -0.396 e. The Hall–Kier alpha value is -0.120. The topological polar surface area (TPSA) is 38.7 Å². The second-order valence-electron chi connectivity index (χ2n) is 3.68. The Morgan fingerprint density at radius 2 is 1.92 bits per heavy atom. The van der Waals surface area contributed by atoms with Crippen molar-refractivity contribution in [3.05, 3.63) is 0 Å². The highest BCUT2D eigenvalue weighted by Gasteiger charge is 2.20. The molecule has 0 saturated heterocycles. The van der Waals surface area contributed by atoms with Crippen LogP contribution in [0.15, 0.2) is 0 Å². The van der Waals surface area contributed by atoms with E-state index in [0.29, 0.717) is 19.8 Å². The molecule has 1 N–H and O–H groups in total. The fourth-order valence-corrected chi connectivity index (χ4v) is 0.931. The van der Waals surface area contributed by atoms with E-state index >= 15 is 0 Å². The first-order valence-corrected chi connectivity index (χ1v) is 4.86. The Kier molecular flexibility index (Phi) is 7.23. The van der Waals surface area contributed by atoms with Gasteiger partial charge in [0.15, 0.2) is 0 Å². The van der Waals surface area contributed by atoms with Crippen LogP contribution in [-0.2, 0) is 9.47 Å². The predicted octanol–water partition coefficient (Wildman–Crippen LogP) is 1.45. The maximum Gasteiger partial charge on any atom is 0.0700 e. The van der Waals surface area contributed by atoms with Crippen LogP contribution >= 0.6 is 0 Å². The monoisotopic (exact) mass is 190 g/mol. The minimum absolute atomic E-state index is 0.0209. The van der Waals surface area contributed by atoms with Gasteiger partial charge in [-0.25, -0.2) is 0 Å². The van der Waals surface area contributed by atoms with Crippen LogP contribution in [0.3, 0.4) is 0 Å². The van der Waals surface area contributed by atoms with E-state index in [-0.39, 0.29) is 12.0 Å². The molecule has 80 valence electrons. The van der Waals surface area contributed by atoms with E-state index in [9.17, 15) is 0 Å². The Bertz CT molecular complexity index is 111. The molecule has 0 bridgehead atoms. The van der Waals surface area contributed by atoms with Crippen LogP contribution in [0.5, 0.6) is 0 Å². The van der Waals surface area contributed by atoms with Crippen molar-refractivity contribution >= 4 is 0 Å². The predicted molar refractivity (Wildman–Crippen MR) is 52.8 cm³/mol. The third kappa shape index (κ3) is 6.02. The maximum atomic E-state index is 9.11. The summed E-state index contributed by atoms with van der Waals surface area (Å²) in [5, 5.41) is 9.11. The highest BCUT2D eigenvalue weighted by atomic mass is 16.5. The van der Waals surface area contributed by atoms with Crippen LogP contribution in [0.4, 0.5) is 0 Å². The van der Waals surface area contributed by atoms with E-state index in [2.05, 4.69) is 13.8 Å². The zero-order valence-electron chi connectivity index (χ0n) is 9.01. The van der Waals surface area contributed by atoms with Gasteiger partial charge in [0.1, 0.15) is 0 Å². The van der Waals surface area contributed by atoms with Gasteiger partial charge in [0.25, 0.3) is 0 Å². The van der Waals surface area contributed by atoms with Crippen LogP contribution in [0.25, 0.3) is 0 Å². The van der Waals surface area contributed by atoms with Crippen LogP contribution in [0.2, 0.25) is 0 Å². The summed E-state index contributed by atoms with van der Waals surface area (Å²) in [5.41, 5.74) is 0.0209. The second-order valence-corrected chi connectivity index (χ2v) is 3.68. The molecule has 0 amide bonds. The molecule has 0 fully saturated rings. The number of ether oxygens (including phenoxy) is 2. The third-order valence-electron chi connectivity index (χ3n) is 2.52. The van der Waals surface area contributed by atoms with Crippen molar-refractivity contribution < 1.29 is 14.6 Å². The van der Waals surface area contributed by atoms with Gasteiger partial charge in [-0.3, -0.25) is 0 Å². The van der Waals surface area contributed by atoms with Gasteiger partial charge in [-0.1, -0.05) is 13.8 Å². The molecule has 0 aliphatic heterocycles. The molecule has 0 aliphatic rings. The molecule has 0 aliphatic carbocycles. The maximum absolute atomic E-state index is 9.11. The van der Waals surface area contributed by atoms with Crippen molar-refractivity contribution in [3.63, 3.8) is 0 Å². The van der Waals surface area contributed by atoms with Crippen molar-refractivity contribution in [2.45, 2.75) is 26.7 Å². The van der Waals surface area contributed by atoms with Gasteiger partial charge in [0.05, 0.1) is 13.2 Å². The third-order valence-corrected chi connectivity index (χ3v) is 2.52. The minimum atomic E-state index is 0.0209. The molecule has 0 spiro atoms. The van der Waals surface area contributed by atoms with Crippen LogP contribution < -0.4 is 0 Å². The largest absolute Gasteiger partial charge is 0.396 e. The quantitative estimate of drug-likeness (QED) is 0.589. The molecule has 0 aromatic rings. The van der Waals surface area contributed by atoms with Gasteiger partial charge >= 0.3 is 0 Å². The molecule has 0 aromatic carbocycles. The molecule has 0 aromatic heterocycles. The van der Waals surface area contributed by atoms with Gasteiger partial charge in [-0.15, -0.1) is 0 Å². The van der Waals surface area contributed by atoms with Crippen molar-refractivity contribution in [1.29, 1.82) is 0 Å². The van der Waals surface area contributed by atoms with Crippen molar-refractivity contribution in [2.24, 2.45) is 5.41 Å². The van der Waals surface area contributed by atoms with Gasteiger partial charge in [-0.2, -0.15) is 0 Å². The summed E-state index contributed by atoms with van der Waals surface area (Å²) in [4.78, 5) is 0. The smallest absolute Gasteiger partial charge is 0.0700 e. The van der Waals surface area contributed by atoms with Crippen LogP contribution in [0.1, 0.15) is 26.7 Å². The molecule has 1 atom stereocenters. The first-order valence-electron chi connectivity index (χ1n) is 4.86. The summed E-state index contributed by atoms with van der Waals surface area (Å²) in [6.07, 6.45) is 1.89. The lowest BCUT2D eigenvalue weighted by Crippen LogP contribution is -2.22. The summed E-state index contributed by atoms with van der Waals surface area (Å²) in [5.74, 6) is 0. The highest BCUT2D eigenvalue weighted by Crippen LogP contribution is 2.24. The zero-order valence-corrected chi connectivity index (χ0v) is 9.01. The average Bonchev–Trinajstić information content (AvgIpc) is 2.17. The van der Waals surface area contributed by atoms with E-state index in [0.717, 1.165) is 12.8 Å². The Morgan fingerprint density at radius 3 is 2.38 bits per heavy atom. The lowest BCUT2D eigenvalue weighted by molar-refractivity contribution is 0.0381. The molecule has 1 unspecified atom stereocenters. The van der Waals surface area contributed by atoms with Crippen LogP contribution in [-0.4, -0.2) is 38.6 Å². The summed E-state index contributed by atoms with van der Waals surface area (Å²) in [6.45, 7) is 6.38. The first-order chi connectivity index (χ1) is 6.18. The zero-order chi connectivity index (χ0) is 10.2. The van der Waals surface area contributed by atoms with E-state index in [1.54, 1.807) is 7.11 Å². The molecule has 0 heterocycles. The molecule has 3 nitrogen and oxygen atoms in total. The Balaban J connectivity index is 3.39. The number of methoxy groups -OCH3 is 1. The molecular weight excluding hydrogens is 168 g/mol. The summed E-state index contributed by atoms with van der Waals surface area (Å²) < 4.78 is 10.2. The van der Waals surface area contributed by atoms with Gasteiger partial charge in [0, 0.05) is 20.3 Å². The van der Waals surface area contributed by atoms with Crippen LogP contribution in [0, 0.1) is 5.41 Å². The number of hydrogen-bond acceptors (Lipinski definition) is 3. The Labute approximate surface area is 81.0 Å². The number of aliphatic hydroxyl groups is 1. The highest BCUT2D eigenvalue weighted by molar-refractivity contribution is 4.70. The number of rotatable bonds is 8. The molecule has 0 radical (unpaired) electrons. The summed E-state index contributed by atoms with van der Waals surface area (Å²) in [7, 11) is 1.66. The number of hydrogen-bond donors (Lipinski definition) is 1. The van der Waals surface area contributed by atoms with E-state index in [4.69, 9.17) is 14.6 Å². The molecular formula is C10H22O3. The van der Waals surface area contributed by atoms with Crippen molar-refractivity contribution in [1.82, 2.24) is 0 Å². The molecule has 13 heavy (non-hydrogen) atoms. The van der Waals surface area contributed by atoms with E-state index < -0.39 is 0 Å². The lowest BCUT2D eigenvalue weighted by Gasteiger charge is -2.25. The summed E-state index contributed by atoms with van der Waals surface area (Å²) >= 11 is 0. The Morgan fingerprint density at radius 1 is 1.23 bits per heavy atom. The fraction of sp³-hybridized carbons (Fsp3) is 1.00. The second kappa shape index (κ2) is 7.30. The lowest BCUT2D eigenvalue weighted by atomic mass is 9.85. The summed E-state index contributed by atoms with van der Waals surface area (Å²) in [6, 6.07) is 0. The fourth-order valence-electron chi connectivity index (χ4n) is 0.931. The van der Waals surface area contributed by atoms with Crippen molar-refractivity contribution in [2.75, 3.05) is 33.5 Å². The van der Waals surface area contributed by atoms with Crippen molar-refractivity contribution in [3.8, 4) is 0 Å².